The molecule has 3 aromatic rings. The van der Waals surface area contributed by atoms with Crippen LogP contribution in [0.15, 0.2) is 60.7 Å². The van der Waals surface area contributed by atoms with Crippen molar-refractivity contribution in [3.63, 3.8) is 0 Å². The first kappa shape index (κ1) is 18.9. The number of benzene rings is 3. The van der Waals surface area contributed by atoms with Gasteiger partial charge >= 0.3 is 0 Å². The van der Waals surface area contributed by atoms with E-state index in [2.05, 4.69) is 10.6 Å². The minimum Gasteiger partial charge on any atom is -0.381 e. The normalized spacial score (nSPS) is 10.8. The lowest BCUT2D eigenvalue weighted by molar-refractivity contribution is 0.506. The summed E-state index contributed by atoms with van der Waals surface area (Å²) in [5.74, 6) is -3.50. The minimum atomic E-state index is -0.879. The quantitative estimate of drug-likeness (QED) is 0.559. The molecule has 0 bridgehead atoms. The molecule has 2 N–H and O–H groups in total. The van der Waals surface area contributed by atoms with Crippen LogP contribution in [0.25, 0.3) is 0 Å². The molecule has 0 spiro atoms. The molecule has 0 heterocycles. The van der Waals surface area contributed by atoms with E-state index in [-0.39, 0.29) is 0 Å². The third-order valence-electron chi connectivity index (χ3n) is 4.11. The van der Waals surface area contributed by atoms with Crippen LogP contribution in [0.5, 0.6) is 0 Å². The van der Waals surface area contributed by atoms with Gasteiger partial charge in [0.2, 0.25) is 0 Å². The van der Waals surface area contributed by atoms with E-state index in [1.165, 1.54) is 12.1 Å². The van der Waals surface area contributed by atoms with Crippen molar-refractivity contribution in [2.75, 3.05) is 5.32 Å². The smallest absolute Gasteiger partial charge is 0.159 e. The summed E-state index contributed by atoms with van der Waals surface area (Å²) >= 11 is 0. The zero-order valence-electron chi connectivity index (χ0n) is 14.4. The molecule has 0 atom stereocenters. The summed E-state index contributed by atoms with van der Waals surface area (Å²) in [6, 6.07) is 15.1. The lowest BCUT2D eigenvalue weighted by Gasteiger charge is -2.13. The lowest BCUT2D eigenvalue weighted by atomic mass is 10.1. The van der Waals surface area contributed by atoms with Crippen LogP contribution >= 0.6 is 0 Å². The Morgan fingerprint density at radius 2 is 1.19 bits per heavy atom. The highest BCUT2D eigenvalue weighted by molar-refractivity contribution is 5.51. The van der Waals surface area contributed by atoms with Crippen molar-refractivity contribution in [1.29, 1.82) is 0 Å². The Bertz CT molecular complexity index is 928. The number of nitrogens with one attached hydrogen (secondary N) is 2. The van der Waals surface area contributed by atoms with Crippen molar-refractivity contribution in [2.45, 2.75) is 19.6 Å². The van der Waals surface area contributed by atoms with E-state index in [0.29, 0.717) is 30.8 Å². The number of hydrogen-bond acceptors (Lipinski definition) is 2. The highest BCUT2D eigenvalue weighted by Crippen LogP contribution is 2.17. The zero-order chi connectivity index (χ0) is 19.2. The summed E-state index contributed by atoms with van der Waals surface area (Å²) < 4.78 is 52.5. The largest absolute Gasteiger partial charge is 0.381 e. The standard InChI is InChI=1S/C21H18F4N2/c22-17-7-5-14(9-19(17)24)11-26-13-16-3-1-2-4-21(16)27-12-15-6-8-18(23)20(25)10-15/h1-10,26-27H,11-13H2. The predicted octanol–water partition coefficient (Wildman–Crippen LogP) is 5.14. The van der Waals surface area contributed by atoms with Crippen molar-refractivity contribution in [1.82, 2.24) is 5.32 Å². The fraction of sp³-hybridized carbons (Fsp3) is 0.143. The van der Waals surface area contributed by atoms with Crippen molar-refractivity contribution in [3.8, 4) is 0 Å². The second kappa shape index (κ2) is 8.68. The summed E-state index contributed by atoms with van der Waals surface area (Å²) in [7, 11) is 0. The molecule has 0 aromatic heterocycles. The molecule has 0 aliphatic rings. The monoisotopic (exact) mass is 374 g/mol. The van der Waals surface area contributed by atoms with Crippen molar-refractivity contribution in [3.05, 3.63) is 101 Å². The van der Waals surface area contributed by atoms with Crippen LogP contribution in [0.1, 0.15) is 16.7 Å². The molecule has 0 saturated carbocycles. The van der Waals surface area contributed by atoms with Gasteiger partial charge in [0.15, 0.2) is 23.3 Å². The van der Waals surface area contributed by atoms with Crippen molar-refractivity contribution < 1.29 is 17.6 Å². The van der Waals surface area contributed by atoms with Gasteiger partial charge in [-0.1, -0.05) is 30.3 Å². The van der Waals surface area contributed by atoms with Gasteiger partial charge in [-0.15, -0.1) is 0 Å². The Morgan fingerprint density at radius 1 is 0.593 bits per heavy atom. The van der Waals surface area contributed by atoms with E-state index in [1.807, 2.05) is 24.3 Å². The predicted molar refractivity (Wildman–Crippen MR) is 97.0 cm³/mol. The van der Waals surface area contributed by atoms with Gasteiger partial charge in [-0.3, -0.25) is 0 Å². The van der Waals surface area contributed by atoms with Crippen LogP contribution < -0.4 is 10.6 Å². The molecule has 6 heteroatoms. The first-order chi connectivity index (χ1) is 13.0. The summed E-state index contributed by atoms with van der Waals surface area (Å²) in [6.45, 7) is 1.23. The molecule has 3 rings (SSSR count). The third-order valence-corrected chi connectivity index (χ3v) is 4.11. The summed E-state index contributed by atoms with van der Waals surface area (Å²) in [6.07, 6.45) is 0. The topological polar surface area (TPSA) is 24.1 Å². The molecular formula is C21H18F4N2. The summed E-state index contributed by atoms with van der Waals surface area (Å²) in [5, 5.41) is 6.38. The van der Waals surface area contributed by atoms with Crippen LogP contribution in [0, 0.1) is 23.3 Å². The maximum Gasteiger partial charge on any atom is 0.159 e. The number of rotatable bonds is 7. The van der Waals surface area contributed by atoms with Crippen molar-refractivity contribution in [2.24, 2.45) is 0 Å². The number of anilines is 1. The highest BCUT2D eigenvalue weighted by Gasteiger charge is 2.06. The average molecular weight is 374 g/mol. The molecule has 0 radical (unpaired) electrons. The fourth-order valence-corrected chi connectivity index (χ4v) is 2.68. The molecule has 0 amide bonds. The zero-order valence-corrected chi connectivity index (χ0v) is 14.4. The van der Waals surface area contributed by atoms with Crippen LogP contribution in [0.3, 0.4) is 0 Å². The molecule has 0 unspecified atom stereocenters. The molecular weight excluding hydrogens is 356 g/mol. The lowest BCUT2D eigenvalue weighted by Crippen LogP contribution is -2.14. The van der Waals surface area contributed by atoms with E-state index in [9.17, 15) is 17.6 Å². The molecule has 0 saturated heterocycles. The van der Waals surface area contributed by atoms with Gasteiger partial charge in [-0.2, -0.15) is 0 Å². The molecule has 0 aliphatic carbocycles. The van der Waals surface area contributed by atoms with Gasteiger partial charge in [0, 0.05) is 25.3 Å². The second-order valence-electron chi connectivity index (χ2n) is 6.11. The van der Waals surface area contributed by atoms with E-state index in [1.54, 1.807) is 0 Å². The van der Waals surface area contributed by atoms with Crippen LogP contribution in [-0.4, -0.2) is 0 Å². The second-order valence-corrected chi connectivity index (χ2v) is 6.11. The maximum atomic E-state index is 13.3. The van der Waals surface area contributed by atoms with Gasteiger partial charge in [0.1, 0.15) is 0 Å². The van der Waals surface area contributed by atoms with Gasteiger partial charge in [0.25, 0.3) is 0 Å². The molecule has 0 fully saturated rings. The Balaban J connectivity index is 1.59. The van der Waals surface area contributed by atoms with E-state index >= 15 is 0 Å². The number of para-hydroxylation sites is 1. The first-order valence-electron chi connectivity index (χ1n) is 8.43. The molecule has 0 aliphatic heterocycles. The first-order valence-corrected chi connectivity index (χ1v) is 8.43. The maximum absolute atomic E-state index is 13.3. The van der Waals surface area contributed by atoms with E-state index < -0.39 is 23.3 Å². The van der Waals surface area contributed by atoms with E-state index in [0.717, 1.165) is 35.5 Å². The van der Waals surface area contributed by atoms with Gasteiger partial charge in [-0.05, 0) is 47.0 Å². The molecule has 27 heavy (non-hydrogen) atoms. The Morgan fingerprint density at radius 3 is 1.81 bits per heavy atom. The van der Waals surface area contributed by atoms with Crippen LogP contribution in [0.2, 0.25) is 0 Å². The van der Waals surface area contributed by atoms with Gasteiger partial charge in [0.05, 0.1) is 0 Å². The Hall–Kier alpha value is -2.86. The molecule has 140 valence electrons. The molecule has 3 aromatic carbocycles. The van der Waals surface area contributed by atoms with Crippen molar-refractivity contribution >= 4 is 5.69 Å². The Kier molecular flexibility index (Phi) is 6.08. The number of halogens is 4. The third kappa shape index (κ3) is 5.08. The fourth-order valence-electron chi connectivity index (χ4n) is 2.68. The summed E-state index contributed by atoms with van der Waals surface area (Å²) in [5.41, 5.74) is 3.07. The summed E-state index contributed by atoms with van der Waals surface area (Å²) in [4.78, 5) is 0. The molecule has 2 nitrogen and oxygen atoms in total. The number of hydrogen-bond donors (Lipinski definition) is 2. The van der Waals surface area contributed by atoms with Crippen LogP contribution in [-0.2, 0) is 19.6 Å². The highest BCUT2D eigenvalue weighted by atomic mass is 19.2. The SMILES string of the molecule is Fc1ccc(CNCc2ccccc2NCc2ccc(F)c(F)c2)cc1F. The van der Waals surface area contributed by atoms with Gasteiger partial charge < -0.3 is 10.6 Å². The minimum absolute atomic E-state index is 0.345. The Labute approximate surface area is 154 Å². The van der Waals surface area contributed by atoms with E-state index in [4.69, 9.17) is 0 Å². The average Bonchev–Trinajstić information content (AvgIpc) is 2.66. The van der Waals surface area contributed by atoms with Crippen LogP contribution in [0.4, 0.5) is 23.2 Å². The van der Waals surface area contributed by atoms with Gasteiger partial charge in [-0.25, -0.2) is 17.6 Å².